The number of rotatable bonds is 5. The van der Waals surface area contributed by atoms with Crippen LogP contribution in [-0.2, 0) is 21.1 Å². The van der Waals surface area contributed by atoms with E-state index >= 15 is 0 Å². The van der Waals surface area contributed by atoms with E-state index < -0.39 is 15.1 Å². The average Bonchev–Trinajstić information content (AvgIpc) is 2.63. The van der Waals surface area contributed by atoms with Crippen LogP contribution in [0.2, 0.25) is 5.02 Å². The largest absolute Gasteiger partial charge is 0.352 e. The molecule has 0 spiro atoms. The lowest BCUT2D eigenvalue weighted by Crippen LogP contribution is -2.50. The van der Waals surface area contributed by atoms with Gasteiger partial charge in [-0.15, -0.1) is 0 Å². The highest BCUT2D eigenvalue weighted by Gasteiger charge is 2.36. The maximum Gasteiger partial charge on any atom is 0.238 e. The Hall–Kier alpha value is -1.07. The second-order valence-corrected chi connectivity index (χ2v) is 10.4. The van der Waals surface area contributed by atoms with Crippen LogP contribution < -0.4 is 5.32 Å². The van der Waals surface area contributed by atoms with E-state index in [1.165, 1.54) is 19.3 Å². The van der Waals surface area contributed by atoms with E-state index in [4.69, 9.17) is 11.6 Å². The molecule has 3 rings (SSSR count). The Morgan fingerprint density at radius 3 is 2.35 bits per heavy atom. The highest BCUT2D eigenvalue weighted by Crippen LogP contribution is 2.29. The van der Waals surface area contributed by atoms with Crippen molar-refractivity contribution < 1.29 is 13.2 Å². The molecule has 0 radical (unpaired) electrons. The van der Waals surface area contributed by atoms with Crippen LogP contribution in [0, 0.1) is 5.92 Å². The van der Waals surface area contributed by atoms with Crippen LogP contribution >= 0.6 is 11.6 Å². The molecule has 6 heteroatoms. The first kappa shape index (κ1) is 19.7. The molecule has 0 bridgehead atoms. The third-order valence-electron chi connectivity index (χ3n) is 5.79. The molecular formula is C20H28ClNO3S. The van der Waals surface area contributed by atoms with E-state index in [1.54, 1.807) is 0 Å². The van der Waals surface area contributed by atoms with Crippen LogP contribution in [0.4, 0.5) is 0 Å². The Bertz CT molecular complexity index is 711. The van der Waals surface area contributed by atoms with Gasteiger partial charge < -0.3 is 5.32 Å². The minimum atomic E-state index is -3.31. The molecule has 4 nitrogen and oxygen atoms in total. The highest BCUT2D eigenvalue weighted by molar-refractivity contribution is 7.92. The predicted octanol–water partition coefficient (Wildman–Crippen LogP) is 3.91. The summed E-state index contributed by atoms with van der Waals surface area (Å²) < 4.78 is 24.6. The summed E-state index contributed by atoms with van der Waals surface area (Å²) in [4.78, 5) is 12.8. The second kappa shape index (κ2) is 8.75. The van der Waals surface area contributed by atoms with Crippen molar-refractivity contribution in [2.45, 2.75) is 69.1 Å². The van der Waals surface area contributed by atoms with Gasteiger partial charge in [0.1, 0.15) is 5.25 Å². The standard InChI is InChI=1S/C20H28ClNO3S/c21-17-11-9-15(10-12-17)14-18(16-6-2-1-3-7-16)22-20(23)19-8-4-5-13-26(19,24)25/h9-12,16,18-19H,1-8,13-14H2,(H,22,23)/t18-,19-/m1/s1. The fraction of sp³-hybridized carbons (Fsp3) is 0.650. The Morgan fingerprint density at radius 1 is 1.04 bits per heavy atom. The summed E-state index contributed by atoms with van der Waals surface area (Å²) in [6, 6.07) is 7.69. The first-order valence-corrected chi connectivity index (χ1v) is 11.8. The average molecular weight is 398 g/mol. The van der Waals surface area contributed by atoms with Crippen LogP contribution in [0.1, 0.15) is 56.9 Å². The number of hydrogen-bond acceptors (Lipinski definition) is 3. The molecule has 2 fully saturated rings. The number of nitrogens with one attached hydrogen (secondary N) is 1. The Morgan fingerprint density at radius 2 is 1.69 bits per heavy atom. The zero-order valence-electron chi connectivity index (χ0n) is 15.1. The highest BCUT2D eigenvalue weighted by atomic mass is 35.5. The lowest BCUT2D eigenvalue weighted by molar-refractivity contribution is -0.122. The van der Waals surface area contributed by atoms with E-state index in [1.807, 2.05) is 24.3 Å². The molecule has 1 saturated carbocycles. The molecule has 1 amide bonds. The third-order valence-corrected chi connectivity index (χ3v) is 8.21. The number of amides is 1. The van der Waals surface area contributed by atoms with Gasteiger partial charge in [0.25, 0.3) is 0 Å². The van der Waals surface area contributed by atoms with Crippen LogP contribution in [0.5, 0.6) is 0 Å². The third kappa shape index (κ3) is 5.01. The van der Waals surface area contributed by atoms with Gasteiger partial charge in [0, 0.05) is 11.1 Å². The van der Waals surface area contributed by atoms with Gasteiger partial charge in [-0.25, -0.2) is 8.42 Å². The Balaban J connectivity index is 1.74. The summed E-state index contributed by atoms with van der Waals surface area (Å²) in [7, 11) is -3.31. The first-order chi connectivity index (χ1) is 12.5. The van der Waals surface area contributed by atoms with Crippen LogP contribution in [0.25, 0.3) is 0 Å². The van der Waals surface area contributed by atoms with Crippen molar-refractivity contribution in [3.05, 3.63) is 34.9 Å². The summed E-state index contributed by atoms with van der Waals surface area (Å²) in [5.41, 5.74) is 1.12. The Labute approximate surface area is 161 Å². The summed E-state index contributed by atoms with van der Waals surface area (Å²) >= 11 is 5.98. The smallest absolute Gasteiger partial charge is 0.238 e. The predicted molar refractivity (Wildman–Crippen MR) is 105 cm³/mol. The monoisotopic (exact) mass is 397 g/mol. The molecule has 1 aromatic rings. The number of hydrogen-bond donors (Lipinski definition) is 1. The van der Waals surface area contributed by atoms with Gasteiger partial charge in [0.2, 0.25) is 5.91 Å². The number of benzene rings is 1. The minimum Gasteiger partial charge on any atom is -0.352 e. The summed E-state index contributed by atoms with van der Waals surface area (Å²) in [5, 5.41) is 2.95. The summed E-state index contributed by atoms with van der Waals surface area (Å²) in [5.74, 6) is 0.250. The lowest BCUT2D eigenvalue weighted by Gasteiger charge is -2.33. The van der Waals surface area contributed by atoms with Crippen LogP contribution in [0.3, 0.4) is 0 Å². The SMILES string of the molecule is O=C(N[C@H](Cc1ccc(Cl)cc1)C1CCCCC1)[C@H]1CCCCS1(=O)=O. The number of sulfone groups is 1. The summed E-state index contributed by atoms with van der Waals surface area (Å²) in [6.45, 7) is 0. The molecule has 1 aliphatic carbocycles. The molecule has 2 atom stereocenters. The topological polar surface area (TPSA) is 63.2 Å². The van der Waals surface area contributed by atoms with Crippen molar-refractivity contribution in [3.63, 3.8) is 0 Å². The fourth-order valence-corrected chi connectivity index (χ4v) is 6.21. The van der Waals surface area contributed by atoms with Crippen molar-refractivity contribution in [1.29, 1.82) is 0 Å². The van der Waals surface area contributed by atoms with Gasteiger partial charge in [-0.3, -0.25) is 4.79 Å². The quantitative estimate of drug-likeness (QED) is 0.819. The molecular weight excluding hydrogens is 370 g/mol. The van der Waals surface area contributed by atoms with Gasteiger partial charge in [-0.05, 0) is 55.7 Å². The summed E-state index contributed by atoms with van der Waals surface area (Å²) in [6.07, 6.45) is 8.44. The van der Waals surface area contributed by atoms with Crippen molar-refractivity contribution in [2.24, 2.45) is 5.92 Å². The van der Waals surface area contributed by atoms with E-state index in [0.29, 0.717) is 23.8 Å². The van der Waals surface area contributed by atoms with Crippen molar-refractivity contribution in [2.75, 3.05) is 5.75 Å². The van der Waals surface area contributed by atoms with E-state index in [2.05, 4.69) is 5.32 Å². The minimum absolute atomic E-state index is 0.0129. The lowest BCUT2D eigenvalue weighted by atomic mass is 9.81. The molecule has 0 aromatic heterocycles. The van der Waals surface area contributed by atoms with Gasteiger partial charge in [0.05, 0.1) is 5.75 Å². The first-order valence-electron chi connectivity index (χ1n) is 9.72. The van der Waals surface area contributed by atoms with Crippen LogP contribution in [0.15, 0.2) is 24.3 Å². The Kier molecular flexibility index (Phi) is 6.62. The maximum absolute atomic E-state index is 12.8. The van der Waals surface area contributed by atoms with Crippen LogP contribution in [-0.4, -0.2) is 31.4 Å². The molecule has 1 aromatic carbocycles. The molecule has 1 saturated heterocycles. The van der Waals surface area contributed by atoms with Crippen molar-refractivity contribution in [3.8, 4) is 0 Å². The zero-order valence-corrected chi connectivity index (χ0v) is 16.7. The van der Waals surface area contributed by atoms with Gasteiger partial charge in [0.15, 0.2) is 9.84 Å². The van der Waals surface area contributed by atoms with E-state index in [0.717, 1.165) is 31.2 Å². The van der Waals surface area contributed by atoms with E-state index in [9.17, 15) is 13.2 Å². The number of carbonyl (C=O) groups excluding carboxylic acids is 1. The second-order valence-electron chi connectivity index (χ2n) is 7.70. The molecule has 1 N–H and O–H groups in total. The number of carbonyl (C=O) groups is 1. The number of halogens is 1. The molecule has 1 heterocycles. The van der Waals surface area contributed by atoms with Gasteiger partial charge >= 0.3 is 0 Å². The van der Waals surface area contributed by atoms with Crippen molar-refractivity contribution >= 4 is 27.3 Å². The molecule has 0 unspecified atom stereocenters. The van der Waals surface area contributed by atoms with Gasteiger partial charge in [-0.1, -0.05) is 49.4 Å². The van der Waals surface area contributed by atoms with E-state index in [-0.39, 0.29) is 17.7 Å². The normalized spacial score (nSPS) is 24.7. The molecule has 1 aliphatic heterocycles. The fourth-order valence-electron chi connectivity index (χ4n) is 4.27. The molecule has 26 heavy (non-hydrogen) atoms. The molecule has 2 aliphatic rings. The molecule has 144 valence electrons. The maximum atomic E-state index is 12.8. The van der Waals surface area contributed by atoms with Crippen molar-refractivity contribution in [1.82, 2.24) is 5.32 Å². The zero-order chi connectivity index (χ0) is 18.6. The van der Waals surface area contributed by atoms with Gasteiger partial charge in [-0.2, -0.15) is 0 Å².